The van der Waals surface area contributed by atoms with Crippen LogP contribution in [0.1, 0.15) is 29.7 Å². The minimum Gasteiger partial charge on any atom is -0.492 e. The monoisotopic (exact) mass is 358 g/mol. The third kappa shape index (κ3) is 4.95. The SMILES string of the molecule is c1ccc(Cc2ccc(OCC3CCCN3Cc3ccccn3)cc2)cc1. The van der Waals surface area contributed by atoms with Crippen LogP contribution in [0.3, 0.4) is 0 Å². The van der Waals surface area contributed by atoms with E-state index in [0.29, 0.717) is 6.04 Å². The third-order valence-corrected chi connectivity index (χ3v) is 5.21. The van der Waals surface area contributed by atoms with Gasteiger partial charge >= 0.3 is 0 Å². The molecule has 0 N–H and O–H groups in total. The lowest BCUT2D eigenvalue weighted by atomic mass is 10.1. The maximum Gasteiger partial charge on any atom is 0.119 e. The molecule has 0 amide bonds. The van der Waals surface area contributed by atoms with Crippen molar-refractivity contribution in [1.29, 1.82) is 0 Å². The first-order chi connectivity index (χ1) is 13.4. The number of hydrogen-bond acceptors (Lipinski definition) is 3. The van der Waals surface area contributed by atoms with Crippen LogP contribution in [0.15, 0.2) is 79.0 Å². The van der Waals surface area contributed by atoms with Crippen molar-refractivity contribution in [2.45, 2.75) is 31.8 Å². The molecule has 3 nitrogen and oxygen atoms in total. The van der Waals surface area contributed by atoms with Crippen LogP contribution in [0.25, 0.3) is 0 Å². The molecule has 2 aromatic carbocycles. The van der Waals surface area contributed by atoms with Crippen molar-refractivity contribution >= 4 is 0 Å². The van der Waals surface area contributed by atoms with Crippen LogP contribution in [-0.4, -0.2) is 29.1 Å². The zero-order chi connectivity index (χ0) is 18.3. The van der Waals surface area contributed by atoms with Crippen molar-refractivity contribution in [3.63, 3.8) is 0 Å². The molecule has 1 aliphatic rings. The van der Waals surface area contributed by atoms with Crippen molar-refractivity contribution in [3.8, 4) is 5.75 Å². The van der Waals surface area contributed by atoms with E-state index in [1.807, 2.05) is 12.3 Å². The van der Waals surface area contributed by atoms with Crippen LogP contribution in [-0.2, 0) is 13.0 Å². The van der Waals surface area contributed by atoms with Gasteiger partial charge < -0.3 is 4.74 Å². The Bertz CT molecular complexity index is 818. The molecule has 0 spiro atoms. The number of nitrogens with zero attached hydrogens (tertiary/aromatic N) is 2. The van der Waals surface area contributed by atoms with E-state index in [9.17, 15) is 0 Å². The third-order valence-electron chi connectivity index (χ3n) is 5.21. The fourth-order valence-electron chi connectivity index (χ4n) is 3.72. The Morgan fingerprint density at radius 1 is 0.889 bits per heavy atom. The minimum absolute atomic E-state index is 0.469. The smallest absolute Gasteiger partial charge is 0.119 e. The van der Waals surface area contributed by atoms with Gasteiger partial charge in [0.2, 0.25) is 0 Å². The lowest BCUT2D eigenvalue weighted by molar-refractivity contribution is 0.165. The highest BCUT2D eigenvalue weighted by atomic mass is 16.5. The van der Waals surface area contributed by atoms with Crippen molar-refractivity contribution in [2.75, 3.05) is 13.2 Å². The molecule has 4 rings (SSSR count). The van der Waals surface area contributed by atoms with E-state index in [-0.39, 0.29) is 0 Å². The second-order valence-corrected chi connectivity index (χ2v) is 7.20. The minimum atomic E-state index is 0.469. The standard InChI is InChI=1S/C24H26N2O/c1-2-7-20(8-3-1)17-21-11-13-24(14-12-21)27-19-23-10-6-16-26(23)18-22-9-4-5-15-25-22/h1-5,7-9,11-15,23H,6,10,16-19H2. The average Bonchev–Trinajstić information content (AvgIpc) is 3.16. The van der Waals surface area contributed by atoms with Crippen molar-refractivity contribution in [2.24, 2.45) is 0 Å². The summed E-state index contributed by atoms with van der Waals surface area (Å²) in [7, 11) is 0. The number of ether oxygens (including phenoxy) is 1. The summed E-state index contributed by atoms with van der Waals surface area (Å²) < 4.78 is 6.10. The summed E-state index contributed by atoms with van der Waals surface area (Å²) in [5, 5.41) is 0. The highest BCUT2D eigenvalue weighted by molar-refractivity contribution is 5.31. The quantitative estimate of drug-likeness (QED) is 0.611. The number of hydrogen-bond donors (Lipinski definition) is 0. The number of likely N-dealkylation sites (tertiary alicyclic amines) is 1. The van der Waals surface area contributed by atoms with Gasteiger partial charge in [-0.3, -0.25) is 9.88 Å². The van der Waals surface area contributed by atoms with Gasteiger partial charge in [0.25, 0.3) is 0 Å². The molecule has 1 aromatic heterocycles. The predicted molar refractivity (Wildman–Crippen MR) is 109 cm³/mol. The highest BCUT2D eigenvalue weighted by Gasteiger charge is 2.25. The van der Waals surface area contributed by atoms with Crippen LogP contribution >= 0.6 is 0 Å². The Morgan fingerprint density at radius 2 is 1.67 bits per heavy atom. The summed E-state index contributed by atoms with van der Waals surface area (Å²) in [6.07, 6.45) is 5.26. The van der Waals surface area contributed by atoms with Gasteiger partial charge in [0.15, 0.2) is 0 Å². The van der Waals surface area contributed by atoms with Crippen LogP contribution in [0.2, 0.25) is 0 Å². The summed E-state index contributed by atoms with van der Waals surface area (Å²) in [6, 6.07) is 25.7. The molecule has 1 aliphatic heterocycles. The van der Waals surface area contributed by atoms with Crippen LogP contribution in [0.4, 0.5) is 0 Å². The Labute approximate surface area is 161 Å². The Morgan fingerprint density at radius 3 is 2.44 bits per heavy atom. The zero-order valence-electron chi connectivity index (χ0n) is 15.6. The van der Waals surface area contributed by atoms with Gasteiger partial charge in [-0.05, 0) is 61.2 Å². The maximum atomic E-state index is 6.10. The van der Waals surface area contributed by atoms with E-state index < -0.39 is 0 Å². The molecule has 27 heavy (non-hydrogen) atoms. The topological polar surface area (TPSA) is 25.4 Å². The summed E-state index contributed by atoms with van der Waals surface area (Å²) in [6.45, 7) is 2.77. The first-order valence-corrected chi connectivity index (χ1v) is 9.76. The van der Waals surface area contributed by atoms with Gasteiger partial charge in [0.1, 0.15) is 12.4 Å². The number of benzene rings is 2. The molecule has 0 bridgehead atoms. The molecule has 2 heterocycles. The van der Waals surface area contributed by atoms with Gasteiger partial charge in [-0.2, -0.15) is 0 Å². The molecule has 138 valence electrons. The number of aromatic nitrogens is 1. The summed E-state index contributed by atoms with van der Waals surface area (Å²) in [4.78, 5) is 6.95. The van der Waals surface area contributed by atoms with E-state index in [1.165, 1.54) is 24.0 Å². The van der Waals surface area contributed by atoms with Crippen molar-refractivity contribution in [1.82, 2.24) is 9.88 Å². The molecule has 1 fully saturated rings. The molecular formula is C24H26N2O. The summed E-state index contributed by atoms with van der Waals surface area (Å²) in [5.41, 5.74) is 3.78. The fraction of sp³-hybridized carbons (Fsp3) is 0.292. The van der Waals surface area contributed by atoms with Gasteiger partial charge in [0.05, 0.1) is 5.69 Å². The van der Waals surface area contributed by atoms with Crippen LogP contribution in [0.5, 0.6) is 5.75 Å². The van der Waals surface area contributed by atoms with Gasteiger partial charge in [0, 0.05) is 18.8 Å². The first-order valence-electron chi connectivity index (χ1n) is 9.76. The average molecular weight is 358 g/mol. The lowest BCUT2D eigenvalue weighted by Crippen LogP contribution is -2.33. The van der Waals surface area contributed by atoms with Crippen molar-refractivity contribution < 1.29 is 4.74 Å². The molecule has 1 atom stereocenters. The molecule has 0 aliphatic carbocycles. The normalized spacial score (nSPS) is 17.1. The fourth-order valence-corrected chi connectivity index (χ4v) is 3.72. The van der Waals surface area contributed by atoms with Gasteiger partial charge in [-0.15, -0.1) is 0 Å². The predicted octanol–water partition coefficient (Wildman–Crippen LogP) is 4.72. The number of pyridine rings is 1. The molecular weight excluding hydrogens is 332 g/mol. The van der Waals surface area contributed by atoms with Gasteiger partial charge in [-0.25, -0.2) is 0 Å². The Kier molecular flexibility index (Phi) is 5.80. The van der Waals surface area contributed by atoms with E-state index >= 15 is 0 Å². The van der Waals surface area contributed by atoms with Crippen LogP contribution < -0.4 is 4.74 Å². The second kappa shape index (κ2) is 8.83. The van der Waals surface area contributed by atoms with Gasteiger partial charge in [-0.1, -0.05) is 48.5 Å². The molecule has 1 unspecified atom stereocenters. The zero-order valence-corrected chi connectivity index (χ0v) is 15.6. The molecule has 0 saturated carbocycles. The molecule has 0 radical (unpaired) electrons. The first kappa shape index (κ1) is 17.7. The molecule has 3 heteroatoms. The van der Waals surface area contributed by atoms with Crippen LogP contribution in [0, 0.1) is 0 Å². The Balaban J connectivity index is 1.30. The van der Waals surface area contributed by atoms with E-state index in [4.69, 9.17) is 4.74 Å². The largest absolute Gasteiger partial charge is 0.492 e. The Hall–Kier alpha value is -2.65. The van der Waals surface area contributed by atoms with E-state index in [2.05, 4.69) is 76.6 Å². The maximum absolute atomic E-state index is 6.10. The molecule has 1 saturated heterocycles. The lowest BCUT2D eigenvalue weighted by Gasteiger charge is -2.24. The van der Waals surface area contributed by atoms with Crippen molar-refractivity contribution in [3.05, 3.63) is 95.8 Å². The van der Waals surface area contributed by atoms with E-state index in [0.717, 1.165) is 37.6 Å². The van der Waals surface area contributed by atoms with E-state index in [1.54, 1.807) is 0 Å². The molecule has 3 aromatic rings. The second-order valence-electron chi connectivity index (χ2n) is 7.20. The summed E-state index contributed by atoms with van der Waals surface area (Å²) >= 11 is 0. The number of rotatable bonds is 7. The highest BCUT2D eigenvalue weighted by Crippen LogP contribution is 2.21. The summed E-state index contributed by atoms with van der Waals surface area (Å²) in [5.74, 6) is 0.955.